The summed E-state index contributed by atoms with van der Waals surface area (Å²) >= 11 is 0. The fraction of sp³-hybridized carbons (Fsp3) is 0.600. The van der Waals surface area contributed by atoms with Crippen LogP contribution in [-0.2, 0) is 17.9 Å². The number of nitrogens with zero attached hydrogens (tertiary/aromatic N) is 3. The molecule has 0 radical (unpaired) electrons. The van der Waals surface area contributed by atoms with Gasteiger partial charge in [0.15, 0.2) is 17.3 Å². The van der Waals surface area contributed by atoms with E-state index >= 15 is 0 Å². The molecule has 26 heavy (non-hydrogen) atoms. The van der Waals surface area contributed by atoms with Crippen molar-refractivity contribution in [3.63, 3.8) is 0 Å². The van der Waals surface area contributed by atoms with Crippen molar-refractivity contribution in [1.82, 2.24) is 14.8 Å². The number of hydrogen-bond acceptors (Lipinski definition) is 5. The molecule has 4 rings (SSSR count). The van der Waals surface area contributed by atoms with Crippen molar-refractivity contribution in [3.05, 3.63) is 35.9 Å². The van der Waals surface area contributed by atoms with Crippen LogP contribution in [0.2, 0.25) is 0 Å². The predicted octanol–water partition coefficient (Wildman–Crippen LogP) is 3.56. The maximum atomic E-state index is 5.99. The van der Waals surface area contributed by atoms with Gasteiger partial charge in [-0.2, -0.15) is 0 Å². The molecule has 3 heterocycles. The molecule has 0 aliphatic carbocycles. The maximum absolute atomic E-state index is 5.99. The van der Waals surface area contributed by atoms with Crippen LogP contribution in [0.25, 0.3) is 0 Å². The van der Waals surface area contributed by atoms with Gasteiger partial charge >= 0.3 is 0 Å². The summed E-state index contributed by atoms with van der Waals surface area (Å²) in [5.41, 5.74) is 0. The summed E-state index contributed by atoms with van der Waals surface area (Å²) in [4.78, 5) is 0. The Kier molecular flexibility index (Phi) is 5.39. The molecule has 2 aromatic rings. The van der Waals surface area contributed by atoms with Crippen LogP contribution in [0, 0.1) is 5.92 Å². The van der Waals surface area contributed by atoms with E-state index in [1.54, 1.807) is 7.11 Å². The number of rotatable bonds is 5. The van der Waals surface area contributed by atoms with Crippen molar-refractivity contribution in [1.29, 1.82) is 0 Å². The number of methoxy groups -OCH3 is 1. The number of hydrogen-bond donors (Lipinski definition) is 0. The zero-order valence-electron chi connectivity index (χ0n) is 15.4. The van der Waals surface area contributed by atoms with Crippen LogP contribution < -0.4 is 9.47 Å². The molecular weight excluding hydrogens is 330 g/mol. The van der Waals surface area contributed by atoms with Crippen LogP contribution in [-0.4, -0.2) is 35.1 Å². The van der Waals surface area contributed by atoms with E-state index in [9.17, 15) is 0 Å². The summed E-state index contributed by atoms with van der Waals surface area (Å²) in [6.45, 7) is 3.14. The van der Waals surface area contributed by atoms with Crippen molar-refractivity contribution in [2.45, 2.75) is 51.2 Å². The monoisotopic (exact) mass is 357 g/mol. The van der Waals surface area contributed by atoms with Crippen LogP contribution >= 0.6 is 0 Å². The zero-order valence-corrected chi connectivity index (χ0v) is 15.4. The Balaban J connectivity index is 1.52. The number of aromatic nitrogens is 3. The van der Waals surface area contributed by atoms with Gasteiger partial charge in [0.05, 0.1) is 7.11 Å². The van der Waals surface area contributed by atoms with Gasteiger partial charge in [0.25, 0.3) is 0 Å². The van der Waals surface area contributed by atoms with E-state index in [1.807, 2.05) is 24.3 Å². The number of fused-ring (bicyclic) bond motifs is 1. The van der Waals surface area contributed by atoms with Gasteiger partial charge in [-0.25, -0.2) is 0 Å². The molecule has 1 unspecified atom stereocenters. The number of ether oxygens (including phenoxy) is 3. The van der Waals surface area contributed by atoms with E-state index in [2.05, 4.69) is 14.8 Å². The van der Waals surface area contributed by atoms with E-state index in [-0.39, 0.29) is 0 Å². The Morgan fingerprint density at radius 3 is 2.69 bits per heavy atom. The van der Waals surface area contributed by atoms with E-state index in [1.165, 1.54) is 19.3 Å². The second kappa shape index (κ2) is 8.08. The molecule has 2 aliphatic heterocycles. The average molecular weight is 357 g/mol. The normalized spacial score (nSPS) is 21.0. The molecule has 1 fully saturated rings. The van der Waals surface area contributed by atoms with Crippen LogP contribution in [0.1, 0.15) is 49.7 Å². The van der Waals surface area contributed by atoms with Gasteiger partial charge in [0, 0.05) is 25.7 Å². The highest BCUT2D eigenvalue weighted by Gasteiger charge is 2.31. The maximum Gasteiger partial charge on any atom is 0.171 e. The molecule has 1 saturated heterocycles. The van der Waals surface area contributed by atoms with Crippen molar-refractivity contribution in [2.24, 2.45) is 5.92 Å². The summed E-state index contributed by atoms with van der Waals surface area (Å²) in [5.74, 6) is 4.68. The van der Waals surface area contributed by atoms with Crippen molar-refractivity contribution < 1.29 is 14.2 Å². The first-order valence-corrected chi connectivity index (χ1v) is 9.62. The summed E-state index contributed by atoms with van der Waals surface area (Å²) in [6, 6.07) is 7.71. The average Bonchev–Trinajstić information content (AvgIpc) is 2.97. The predicted molar refractivity (Wildman–Crippen MR) is 97.5 cm³/mol. The third-order valence-corrected chi connectivity index (χ3v) is 5.60. The highest BCUT2D eigenvalue weighted by Crippen LogP contribution is 2.37. The van der Waals surface area contributed by atoms with E-state index < -0.39 is 0 Å². The standard InChI is InChI=1S/C20H27N3O3/c1-24-17-7-2-3-8-18(17)26-14-19-21-22-20-16(6-4-5-11-23(19)20)15-9-12-25-13-10-15/h2-3,7-8,15-16H,4-6,9-14H2,1H3. The summed E-state index contributed by atoms with van der Waals surface area (Å²) in [6.07, 6.45) is 5.88. The first-order chi connectivity index (χ1) is 12.9. The number of para-hydroxylation sites is 2. The van der Waals surface area contributed by atoms with Gasteiger partial charge in [0.1, 0.15) is 12.4 Å². The summed E-state index contributed by atoms with van der Waals surface area (Å²) in [5, 5.41) is 9.06. The van der Waals surface area contributed by atoms with Gasteiger partial charge in [0.2, 0.25) is 0 Å². The van der Waals surface area contributed by atoms with Gasteiger partial charge in [-0.1, -0.05) is 18.6 Å². The van der Waals surface area contributed by atoms with Crippen molar-refractivity contribution in [2.75, 3.05) is 20.3 Å². The minimum absolute atomic E-state index is 0.411. The number of benzene rings is 1. The molecule has 0 spiro atoms. The fourth-order valence-corrected chi connectivity index (χ4v) is 4.18. The van der Waals surface area contributed by atoms with Crippen molar-refractivity contribution >= 4 is 0 Å². The highest BCUT2D eigenvalue weighted by atomic mass is 16.5. The van der Waals surface area contributed by atoms with Gasteiger partial charge in [-0.3, -0.25) is 0 Å². The first-order valence-electron chi connectivity index (χ1n) is 9.62. The Bertz CT molecular complexity index is 725. The van der Waals surface area contributed by atoms with Crippen molar-refractivity contribution in [3.8, 4) is 11.5 Å². The van der Waals surface area contributed by atoms with Gasteiger partial charge in [-0.05, 0) is 43.7 Å². The molecule has 140 valence electrons. The fourth-order valence-electron chi connectivity index (χ4n) is 4.18. The lowest BCUT2D eigenvalue weighted by molar-refractivity contribution is 0.0556. The molecule has 1 aromatic heterocycles. The molecule has 6 heteroatoms. The van der Waals surface area contributed by atoms with Crippen LogP contribution in [0.15, 0.2) is 24.3 Å². The lowest BCUT2D eigenvalue weighted by Crippen LogP contribution is -2.24. The Labute approximate surface area is 154 Å². The Hall–Kier alpha value is -2.08. The molecule has 6 nitrogen and oxygen atoms in total. The molecular formula is C20H27N3O3. The molecule has 1 atom stereocenters. The van der Waals surface area contributed by atoms with Gasteiger partial charge in [-0.15, -0.1) is 10.2 Å². The quantitative estimate of drug-likeness (QED) is 0.819. The van der Waals surface area contributed by atoms with Crippen LogP contribution in [0.4, 0.5) is 0 Å². The third kappa shape index (κ3) is 3.56. The van der Waals surface area contributed by atoms with E-state index in [0.717, 1.165) is 55.7 Å². The lowest BCUT2D eigenvalue weighted by atomic mass is 9.82. The molecule has 0 amide bonds. The topological polar surface area (TPSA) is 58.4 Å². The zero-order chi connectivity index (χ0) is 17.8. The summed E-state index contributed by atoms with van der Waals surface area (Å²) in [7, 11) is 1.66. The molecule has 0 bridgehead atoms. The second-order valence-electron chi connectivity index (χ2n) is 7.12. The minimum atomic E-state index is 0.411. The molecule has 0 N–H and O–H groups in total. The Morgan fingerprint density at radius 1 is 1.08 bits per heavy atom. The molecule has 2 aliphatic rings. The molecule has 0 saturated carbocycles. The Morgan fingerprint density at radius 2 is 1.88 bits per heavy atom. The largest absolute Gasteiger partial charge is 0.493 e. The van der Waals surface area contributed by atoms with Crippen LogP contribution in [0.3, 0.4) is 0 Å². The lowest BCUT2D eigenvalue weighted by Gasteiger charge is -2.28. The second-order valence-corrected chi connectivity index (χ2v) is 7.12. The van der Waals surface area contributed by atoms with E-state index in [0.29, 0.717) is 18.4 Å². The summed E-state index contributed by atoms with van der Waals surface area (Å²) < 4.78 is 19.2. The third-order valence-electron chi connectivity index (χ3n) is 5.60. The minimum Gasteiger partial charge on any atom is -0.493 e. The van der Waals surface area contributed by atoms with Crippen LogP contribution in [0.5, 0.6) is 11.5 Å². The highest BCUT2D eigenvalue weighted by molar-refractivity contribution is 5.39. The van der Waals surface area contributed by atoms with Gasteiger partial charge < -0.3 is 18.8 Å². The smallest absolute Gasteiger partial charge is 0.171 e. The van der Waals surface area contributed by atoms with E-state index in [4.69, 9.17) is 14.2 Å². The molecule has 1 aromatic carbocycles. The SMILES string of the molecule is COc1ccccc1OCc1nnc2n1CCCCC2C1CCOCC1. The first kappa shape index (κ1) is 17.3.